The molecule has 0 aliphatic heterocycles. The first-order chi connectivity index (χ1) is 13.2. The molecule has 1 N–H and O–H groups in total. The molecule has 3 aromatic rings. The zero-order chi connectivity index (χ0) is 18.6. The Hall–Kier alpha value is -1.99. The Morgan fingerprint density at radius 3 is 2.74 bits per heavy atom. The number of benzene rings is 1. The molecule has 0 unspecified atom stereocenters. The van der Waals surface area contributed by atoms with Gasteiger partial charge in [-0.25, -0.2) is 14.4 Å². The summed E-state index contributed by atoms with van der Waals surface area (Å²) >= 11 is 3.02. The van der Waals surface area contributed by atoms with Crippen LogP contribution in [0.2, 0.25) is 0 Å². The third-order valence-electron chi connectivity index (χ3n) is 4.72. The Morgan fingerprint density at radius 2 is 1.96 bits per heavy atom. The van der Waals surface area contributed by atoms with Crippen molar-refractivity contribution < 1.29 is 9.18 Å². The molecule has 1 amide bonds. The fourth-order valence-corrected chi connectivity index (χ4v) is 5.35. The quantitative estimate of drug-likeness (QED) is 0.481. The molecule has 0 radical (unpaired) electrons. The molecule has 0 saturated heterocycles. The van der Waals surface area contributed by atoms with Crippen molar-refractivity contribution in [1.29, 1.82) is 0 Å². The van der Waals surface area contributed by atoms with Gasteiger partial charge in [-0.3, -0.25) is 4.79 Å². The number of carbonyl (C=O) groups excluding carboxylic acids is 1. The largest absolute Gasteiger partial charge is 0.353 e. The number of hydrogen-bond donors (Lipinski definition) is 1. The van der Waals surface area contributed by atoms with E-state index in [1.54, 1.807) is 23.5 Å². The molecule has 0 atom stereocenters. The van der Waals surface area contributed by atoms with E-state index < -0.39 is 0 Å². The van der Waals surface area contributed by atoms with Crippen molar-refractivity contribution in [3.8, 4) is 10.4 Å². The summed E-state index contributed by atoms with van der Waals surface area (Å²) in [6.45, 7) is 0. The summed E-state index contributed by atoms with van der Waals surface area (Å²) in [6.07, 6.45) is 7.37. The van der Waals surface area contributed by atoms with E-state index in [2.05, 4.69) is 15.3 Å². The van der Waals surface area contributed by atoms with E-state index in [1.807, 2.05) is 6.07 Å². The predicted molar refractivity (Wildman–Crippen MR) is 109 cm³/mol. The summed E-state index contributed by atoms with van der Waals surface area (Å²) in [6, 6.07) is 8.74. The van der Waals surface area contributed by atoms with Crippen LogP contribution in [0.15, 0.2) is 41.7 Å². The van der Waals surface area contributed by atoms with Gasteiger partial charge in [0.15, 0.2) is 0 Å². The minimum atomic E-state index is -0.250. The lowest BCUT2D eigenvalue weighted by Crippen LogP contribution is -2.37. The summed E-state index contributed by atoms with van der Waals surface area (Å²) in [5.74, 6) is 0.167. The van der Waals surface area contributed by atoms with Gasteiger partial charge < -0.3 is 5.32 Å². The van der Waals surface area contributed by atoms with Gasteiger partial charge in [0.05, 0.1) is 16.0 Å². The van der Waals surface area contributed by atoms with Crippen molar-refractivity contribution >= 4 is 39.2 Å². The van der Waals surface area contributed by atoms with Crippen molar-refractivity contribution in [1.82, 2.24) is 15.3 Å². The second-order valence-electron chi connectivity index (χ2n) is 6.70. The maximum atomic E-state index is 13.2. The highest BCUT2D eigenvalue weighted by molar-refractivity contribution is 8.00. The highest BCUT2D eigenvalue weighted by atomic mass is 32.2. The number of amides is 1. The van der Waals surface area contributed by atoms with Crippen LogP contribution in [0.1, 0.15) is 32.1 Å². The van der Waals surface area contributed by atoms with Gasteiger partial charge in [-0.2, -0.15) is 0 Å². The Labute approximate surface area is 165 Å². The molecule has 140 valence electrons. The molecular weight excluding hydrogens is 381 g/mol. The smallest absolute Gasteiger partial charge is 0.230 e. The number of fused-ring (bicyclic) bond motifs is 1. The Bertz CT molecular complexity index is 936. The molecule has 1 aromatic carbocycles. The number of halogens is 1. The van der Waals surface area contributed by atoms with Crippen molar-refractivity contribution in [3.63, 3.8) is 0 Å². The number of nitrogens with zero attached hydrogens (tertiary/aromatic N) is 2. The molecule has 27 heavy (non-hydrogen) atoms. The lowest BCUT2D eigenvalue weighted by molar-refractivity contribution is -0.119. The van der Waals surface area contributed by atoms with Gasteiger partial charge in [0, 0.05) is 10.9 Å². The second-order valence-corrected chi connectivity index (χ2v) is 8.72. The zero-order valence-corrected chi connectivity index (χ0v) is 16.4. The number of carbonyl (C=O) groups is 1. The Balaban J connectivity index is 1.47. The molecule has 2 aromatic heterocycles. The van der Waals surface area contributed by atoms with Gasteiger partial charge in [-0.15, -0.1) is 11.3 Å². The summed E-state index contributed by atoms with van der Waals surface area (Å²) in [4.78, 5) is 22.0. The van der Waals surface area contributed by atoms with Crippen molar-refractivity contribution in [3.05, 3.63) is 42.5 Å². The lowest BCUT2D eigenvalue weighted by Gasteiger charge is -2.22. The molecule has 7 heteroatoms. The van der Waals surface area contributed by atoms with Gasteiger partial charge in [-0.05, 0) is 36.6 Å². The second kappa shape index (κ2) is 8.35. The van der Waals surface area contributed by atoms with E-state index in [-0.39, 0.29) is 11.7 Å². The molecule has 1 fully saturated rings. The number of rotatable bonds is 5. The lowest BCUT2D eigenvalue weighted by atomic mass is 9.95. The van der Waals surface area contributed by atoms with Crippen LogP contribution in [0.5, 0.6) is 0 Å². The third-order valence-corrected chi connectivity index (χ3v) is 7.02. The molecule has 1 aliphatic rings. The third kappa shape index (κ3) is 4.47. The maximum absolute atomic E-state index is 13.2. The Kier molecular flexibility index (Phi) is 5.69. The first-order valence-electron chi connectivity index (χ1n) is 9.12. The van der Waals surface area contributed by atoms with Crippen molar-refractivity contribution in [2.24, 2.45) is 0 Å². The van der Waals surface area contributed by atoms with Crippen LogP contribution in [0, 0.1) is 5.82 Å². The van der Waals surface area contributed by atoms with E-state index >= 15 is 0 Å². The predicted octanol–water partition coefficient (Wildman–Crippen LogP) is 5.04. The fraction of sp³-hybridized carbons (Fsp3) is 0.350. The molecule has 4 rings (SSSR count). The molecule has 4 nitrogen and oxygen atoms in total. The highest BCUT2D eigenvalue weighted by Crippen LogP contribution is 2.36. The van der Waals surface area contributed by atoms with Gasteiger partial charge in [0.25, 0.3) is 0 Å². The summed E-state index contributed by atoms with van der Waals surface area (Å²) in [7, 11) is 0. The average molecular weight is 402 g/mol. The van der Waals surface area contributed by atoms with Gasteiger partial charge in [-0.1, -0.05) is 43.2 Å². The molecule has 1 saturated carbocycles. The Morgan fingerprint density at radius 1 is 1.19 bits per heavy atom. The van der Waals surface area contributed by atoms with Crippen LogP contribution >= 0.6 is 23.1 Å². The molecular formula is C20H20FN3OS2. The topological polar surface area (TPSA) is 54.9 Å². The first kappa shape index (κ1) is 18.4. The minimum absolute atomic E-state index is 0.0639. The fourth-order valence-electron chi connectivity index (χ4n) is 3.34. The summed E-state index contributed by atoms with van der Waals surface area (Å²) in [5.41, 5.74) is 1.80. The van der Waals surface area contributed by atoms with E-state index in [4.69, 9.17) is 0 Å². The highest BCUT2D eigenvalue weighted by Gasteiger charge is 2.17. The van der Waals surface area contributed by atoms with Crippen molar-refractivity contribution in [2.45, 2.75) is 43.2 Å². The number of nitrogens with one attached hydrogen (secondary N) is 1. The van der Waals surface area contributed by atoms with Gasteiger partial charge in [0.1, 0.15) is 17.2 Å². The van der Waals surface area contributed by atoms with Gasteiger partial charge >= 0.3 is 0 Å². The van der Waals surface area contributed by atoms with Crippen LogP contribution in [0.3, 0.4) is 0 Å². The molecule has 2 heterocycles. The standard InChI is InChI=1S/C20H20FN3OS2/c21-14-8-6-13(7-9-14)17-10-16-19(27-17)20(23-12-22-16)26-11-18(25)24-15-4-2-1-3-5-15/h6-10,12,15H,1-5,11H2,(H,24,25). The summed E-state index contributed by atoms with van der Waals surface area (Å²) < 4.78 is 14.1. The van der Waals surface area contributed by atoms with E-state index in [0.717, 1.165) is 38.5 Å². The van der Waals surface area contributed by atoms with E-state index in [1.165, 1.54) is 49.5 Å². The maximum Gasteiger partial charge on any atom is 0.230 e. The minimum Gasteiger partial charge on any atom is -0.353 e. The molecule has 0 spiro atoms. The number of hydrogen-bond acceptors (Lipinski definition) is 5. The van der Waals surface area contributed by atoms with Crippen LogP contribution in [0.25, 0.3) is 20.7 Å². The van der Waals surface area contributed by atoms with Crippen molar-refractivity contribution in [2.75, 3.05) is 5.75 Å². The average Bonchev–Trinajstić information content (AvgIpc) is 3.12. The van der Waals surface area contributed by atoms with Crippen LogP contribution in [-0.4, -0.2) is 27.7 Å². The van der Waals surface area contributed by atoms with Crippen LogP contribution in [-0.2, 0) is 4.79 Å². The van der Waals surface area contributed by atoms with E-state index in [0.29, 0.717) is 11.8 Å². The van der Waals surface area contributed by atoms with E-state index in [9.17, 15) is 9.18 Å². The molecule has 0 bridgehead atoms. The zero-order valence-electron chi connectivity index (χ0n) is 14.8. The SMILES string of the molecule is O=C(CSc1ncnc2cc(-c3ccc(F)cc3)sc12)NC1CCCCC1. The van der Waals surface area contributed by atoms with Gasteiger partial charge in [0.2, 0.25) is 5.91 Å². The van der Waals surface area contributed by atoms with Crippen LogP contribution < -0.4 is 5.32 Å². The molecule has 1 aliphatic carbocycles. The van der Waals surface area contributed by atoms with Crippen LogP contribution in [0.4, 0.5) is 4.39 Å². The number of thioether (sulfide) groups is 1. The first-order valence-corrected chi connectivity index (χ1v) is 10.9. The number of thiophene rings is 1. The number of aromatic nitrogens is 2. The monoisotopic (exact) mass is 401 g/mol. The normalized spacial score (nSPS) is 15.1. The summed E-state index contributed by atoms with van der Waals surface area (Å²) in [5, 5.41) is 3.96.